The lowest BCUT2D eigenvalue weighted by Gasteiger charge is -2.23. The van der Waals surface area contributed by atoms with E-state index in [0.29, 0.717) is 12.8 Å². The fourth-order valence-corrected chi connectivity index (χ4v) is 2.11. The van der Waals surface area contributed by atoms with E-state index in [1.165, 1.54) is 0 Å². The summed E-state index contributed by atoms with van der Waals surface area (Å²) < 4.78 is 0. The fraction of sp³-hybridized carbons (Fsp3) is 0.455. The summed E-state index contributed by atoms with van der Waals surface area (Å²) >= 11 is 0. The van der Waals surface area contributed by atoms with Gasteiger partial charge in [-0.05, 0) is 18.4 Å². The minimum Gasteiger partial charge on any atom is -0.390 e. The molecule has 0 bridgehead atoms. The lowest BCUT2D eigenvalue weighted by molar-refractivity contribution is 0.0438. The van der Waals surface area contributed by atoms with Gasteiger partial charge in [0.25, 0.3) is 0 Å². The molecule has 1 aliphatic rings. The zero-order valence-electron chi connectivity index (χ0n) is 8.34. The molecule has 0 spiro atoms. The molecule has 1 aliphatic carbocycles. The van der Waals surface area contributed by atoms with Crippen LogP contribution in [0.3, 0.4) is 0 Å². The predicted octanol–water partition coefficient (Wildman–Crippen LogP) is 0.778. The summed E-state index contributed by atoms with van der Waals surface area (Å²) in [6.07, 6.45) is -0.531. The van der Waals surface area contributed by atoms with Crippen molar-refractivity contribution in [2.24, 2.45) is 5.73 Å². The molecule has 1 aromatic rings. The molecule has 1 aromatic carbocycles. The Morgan fingerprint density at radius 3 is 2.00 bits per heavy atom. The predicted molar refractivity (Wildman–Crippen MR) is 60.8 cm³/mol. The Labute approximate surface area is 95.3 Å². The first-order chi connectivity index (χ1) is 6.62. The average molecular weight is 230 g/mol. The number of nitrogens with two attached hydrogens (primary N) is 1. The molecule has 0 amide bonds. The molecule has 1 saturated carbocycles. The zero-order chi connectivity index (χ0) is 10.2. The number of rotatable bonds is 1. The fourth-order valence-electron chi connectivity index (χ4n) is 2.11. The van der Waals surface area contributed by atoms with E-state index in [9.17, 15) is 10.2 Å². The summed E-state index contributed by atoms with van der Waals surface area (Å²) in [5.74, 6) is 0. The van der Waals surface area contributed by atoms with Gasteiger partial charge in [-0.25, -0.2) is 0 Å². The van der Waals surface area contributed by atoms with Crippen LogP contribution in [0.5, 0.6) is 0 Å². The molecule has 4 N–H and O–H groups in total. The number of aliphatic hydroxyl groups is 2. The van der Waals surface area contributed by atoms with Gasteiger partial charge < -0.3 is 15.9 Å². The summed E-state index contributed by atoms with van der Waals surface area (Å²) in [5.41, 5.74) is 6.55. The SMILES string of the molecule is Cl.NC1(c2ccccc2)C[C@H](O)[C@@H](O)C1. The number of aliphatic hydroxyl groups excluding tert-OH is 2. The Hall–Kier alpha value is -0.610. The molecule has 0 radical (unpaired) electrons. The first-order valence-electron chi connectivity index (χ1n) is 4.82. The molecule has 4 heteroatoms. The van der Waals surface area contributed by atoms with Crippen LogP contribution in [0.1, 0.15) is 18.4 Å². The highest BCUT2D eigenvalue weighted by Gasteiger charge is 2.42. The quantitative estimate of drug-likeness (QED) is 0.667. The highest BCUT2D eigenvalue weighted by Crippen LogP contribution is 2.36. The van der Waals surface area contributed by atoms with Gasteiger partial charge >= 0.3 is 0 Å². The van der Waals surface area contributed by atoms with Crippen LogP contribution in [-0.4, -0.2) is 22.4 Å². The number of hydrogen-bond donors (Lipinski definition) is 3. The lowest BCUT2D eigenvalue weighted by Crippen LogP contribution is -2.34. The van der Waals surface area contributed by atoms with Crippen LogP contribution in [0, 0.1) is 0 Å². The molecule has 84 valence electrons. The maximum absolute atomic E-state index is 9.46. The number of halogens is 1. The van der Waals surface area contributed by atoms with Crippen molar-refractivity contribution in [2.75, 3.05) is 0 Å². The largest absolute Gasteiger partial charge is 0.390 e. The van der Waals surface area contributed by atoms with E-state index in [1.807, 2.05) is 30.3 Å². The number of benzene rings is 1. The monoisotopic (exact) mass is 229 g/mol. The second-order valence-corrected chi connectivity index (χ2v) is 4.07. The molecule has 3 nitrogen and oxygen atoms in total. The van der Waals surface area contributed by atoms with Crippen molar-refractivity contribution in [1.29, 1.82) is 0 Å². The van der Waals surface area contributed by atoms with Gasteiger partial charge in [0.05, 0.1) is 12.2 Å². The maximum Gasteiger partial charge on any atom is 0.0820 e. The zero-order valence-corrected chi connectivity index (χ0v) is 9.15. The standard InChI is InChI=1S/C11H15NO2.ClH/c12-11(6-9(13)10(14)7-11)8-4-2-1-3-5-8;/h1-5,9-10,13-14H,6-7,12H2;1H/t9-,10-;/m0./s1. The van der Waals surface area contributed by atoms with Gasteiger partial charge in [-0.1, -0.05) is 30.3 Å². The Kier molecular flexibility index (Phi) is 3.73. The molecule has 2 rings (SSSR count). The van der Waals surface area contributed by atoms with Crippen LogP contribution in [0.4, 0.5) is 0 Å². The van der Waals surface area contributed by atoms with E-state index in [4.69, 9.17) is 5.73 Å². The molecule has 0 aliphatic heterocycles. The van der Waals surface area contributed by atoms with Gasteiger partial charge in [-0.2, -0.15) is 0 Å². The van der Waals surface area contributed by atoms with Crippen molar-refractivity contribution >= 4 is 12.4 Å². The maximum atomic E-state index is 9.46. The van der Waals surface area contributed by atoms with Gasteiger partial charge in [0, 0.05) is 5.54 Å². The summed E-state index contributed by atoms with van der Waals surface area (Å²) in [5, 5.41) is 18.9. The van der Waals surface area contributed by atoms with E-state index in [2.05, 4.69) is 0 Å². The first-order valence-corrected chi connectivity index (χ1v) is 4.82. The lowest BCUT2D eigenvalue weighted by atomic mass is 9.89. The Morgan fingerprint density at radius 2 is 1.53 bits per heavy atom. The van der Waals surface area contributed by atoms with Gasteiger partial charge in [0.2, 0.25) is 0 Å². The normalized spacial score (nSPS) is 28.5. The van der Waals surface area contributed by atoms with Crippen molar-refractivity contribution < 1.29 is 10.2 Å². The van der Waals surface area contributed by atoms with E-state index in [1.54, 1.807) is 0 Å². The van der Waals surface area contributed by atoms with Crippen molar-refractivity contribution in [3.63, 3.8) is 0 Å². The van der Waals surface area contributed by atoms with Gasteiger partial charge in [-0.15, -0.1) is 12.4 Å². The molecule has 0 heterocycles. The van der Waals surface area contributed by atoms with Crippen LogP contribution in [0.2, 0.25) is 0 Å². The highest BCUT2D eigenvalue weighted by atomic mass is 35.5. The van der Waals surface area contributed by atoms with Crippen molar-refractivity contribution in [3.05, 3.63) is 35.9 Å². The Bertz CT molecular complexity index is 308. The minimum absolute atomic E-state index is 0. The van der Waals surface area contributed by atoms with Gasteiger partial charge in [0.15, 0.2) is 0 Å². The summed E-state index contributed by atoms with van der Waals surface area (Å²) in [6, 6.07) is 9.63. The van der Waals surface area contributed by atoms with Crippen LogP contribution in [0.25, 0.3) is 0 Å². The Balaban J connectivity index is 0.00000112. The smallest absolute Gasteiger partial charge is 0.0820 e. The molecule has 1 fully saturated rings. The summed E-state index contributed by atoms with van der Waals surface area (Å²) in [7, 11) is 0. The first kappa shape index (κ1) is 12.5. The molecular formula is C11H16ClNO2. The van der Waals surface area contributed by atoms with Gasteiger partial charge in [0.1, 0.15) is 0 Å². The second kappa shape index (κ2) is 4.49. The Morgan fingerprint density at radius 1 is 1.07 bits per heavy atom. The third kappa shape index (κ3) is 2.32. The topological polar surface area (TPSA) is 66.5 Å². The van der Waals surface area contributed by atoms with E-state index < -0.39 is 17.7 Å². The summed E-state index contributed by atoms with van der Waals surface area (Å²) in [4.78, 5) is 0. The molecule has 0 unspecified atom stereocenters. The molecular weight excluding hydrogens is 214 g/mol. The van der Waals surface area contributed by atoms with Crippen LogP contribution in [0.15, 0.2) is 30.3 Å². The highest BCUT2D eigenvalue weighted by molar-refractivity contribution is 5.85. The number of hydrogen-bond acceptors (Lipinski definition) is 3. The third-order valence-electron chi connectivity index (χ3n) is 2.94. The molecule has 0 aromatic heterocycles. The summed E-state index contributed by atoms with van der Waals surface area (Å²) in [6.45, 7) is 0. The van der Waals surface area contributed by atoms with E-state index >= 15 is 0 Å². The molecule has 0 saturated heterocycles. The third-order valence-corrected chi connectivity index (χ3v) is 2.94. The van der Waals surface area contributed by atoms with Crippen LogP contribution >= 0.6 is 12.4 Å². The minimum atomic E-state index is -0.694. The molecule has 2 atom stereocenters. The van der Waals surface area contributed by atoms with Crippen molar-refractivity contribution in [2.45, 2.75) is 30.6 Å². The van der Waals surface area contributed by atoms with E-state index in [-0.39, 0.29) is 12.4 Å². The van der Waals surface area contributed by atoms with Crippen molar-refractivity contribution in [3.8, 4) is 0 Å². The van der Waals surface area contributed by atoms with Crippen LogP contribution < -0.4 is 5.73 Å². The van der Waals surface area contributed by atoms with Crippen molar-refractivity contribution in [1.82, 2.24) is 0 Å². The van der Waals surface area contributed by atoms with Crippen LogP contribution in [-0.2, 0) is 5.54 Å². The molecule has 15 heavy (non-hydrogen) atoms. The average Bonchev–Trinajstić information content (AvgIpc) is 2.44. The van der Waals surface area contributed by atoms with E-state index in [0.717, 1.165) is 5.56 Å². The van der Waals surface area contributed by atoms with Gasteiger partial charge in [-0.3, -0.25) is 0 Å². The second-order valence-electron chi connectivity index (χ2n) is 4.07.